The standard InChI is InChI=1S/C9H8FN5O/c10-6-2-1-5(11)3-7(6)13-9(16)8-4-12-15-14-8/h1-4H,11H2,(H,13,16)(H,12,14,15). The highest BCUT2D eigenvalue weighted by atomic mass is 19.1. The number of aromatic nitrogens is 3. The Balaban J connectivity index is 2.21. The molecule has 0 spiro atoms. The van der Waals surface area contributed by atoms with Crippen LogP contribution >= 0.6 is 0 Å². The van der Waals surface area contributed by atoms with Gasteiger partial charge >= 0.3 is 0 Å². The predicted octanol–water partition coefficient (Wildman–Crippen LogP) is 0.778. The fourth-order valence-electron chi connectivity index (χ4n) is 1.14. The Bertz CT molecular complexity index is 511. The largest absolute Gasteiger partial charge is 0.399 e. The van der Waals surface area contributed by atoms with Crippen LogP contribution in [0.4, 0.5) is 15.8 Å². The normalized spacial score (nSPS) is 10.1. The summed E-state index contributed by atoms with van der Waals surface area (Å²) >= 11 is 0. The van der Waals surface area contributed by atoms with Crippen LogP contribution in [0.1, 0.15) is 10.5 Å². The summed E-state index contributed by atoms with van der Waals surface area (Å²) in [5.74, 6) is -1.12. The molecule has 0 saturated heterocycles. The molecule has 2 aromatic rings. The highest BCUT2D eigenvalue weighted by molar-refractivity contribution is 6.02. The van der Waals surface area contributed by atoms with Crippen LogP contribution in [0.5, 0.6) is 0 Å². The number of H-pyrrole nitrogens is 1. The number of nitrogen functional groups attached to an aromatic ring is 1. The molecule has 0 saturated carbocycles. The highest BCUT2D eigenvalue weighted by Crippen LogP contribution is 2.17. The van der Waals surface area contributed by atoms with Crippen molar-refractivity contribution in [1.82, 2.24) is 15.4 Å². The lowest BCUT2D eigenvalue weighted by Crippen LogP contribution is -2.13. The first-order chi connectivity index (χ1) is 7.66. The first-order valence-electron chi connectivity index (χ1n) is 4.39. The molecule has 1 aromatic carbocycles. The van der Waals surface area contributed by atoms with Crippen LogP contribution in [0.2, 0.25) is 0 Å². The van der Waals surface area contributed by atoms with Gasteiger partial charge in [-0.05, 0) is 18.2 Å². The van der Waals surface area contributed by atoms with Gasteiger partial charge in [-0.25, -0.2) is 4.39 Å². The Morgan fingerprint density at radius 1 is 1.50 bits per heavy atom. The number of amides is 1. The molecule has 1 heterocycles. The van der Waals surface area contributed by atoms with Crippen LogP contribution in [0.3, 0.4) is 0 Å². The molecule has 7 heteroatoms. The number of hydrogen-bond acceptors (Lipinski definition) is 4. The number of carbonyl (C=O) groups excluding carboxylic acids is 1. The van der Waals surface area contributed by atoms with E-state index in [4.69, 9.17) is 5.73 Å². The minimum Gasteiger partial charge on any atom is -0.399 e. The van der Waals surface area contributed by atoms with Gasteiger partial charge in [-0.15, -0.1) is 0 Å². The van der Waals surface area contributed by atoms with Crippen molar-refractivity contribution in [2.45, 2.75) is 0 Å². The summed E-state index contributed by atoms with van der Waals surface area (Å²) < 4.78 is 13.3. The Morgan fingerprint density at radius 3 is 3.00 bits per heavy atom. The Morgan fingerprint density at radius 2 is 2.31 bits per heavy atom. The number of halogens is 1. The van der Waals surface area contributed by atoms with Gasteiger partial charge in [-0.3, -0.25) is 4.79 Å². The Kier molecular flexibility index (Phi) is 2.50. The average molecular weight is 221 g/mol. The van der Waals surface area contributed by atoms with E-state index in [-0.39, 0.29) is 11.4 Å². The van der Waals surface area contributed by atoms with E-state index in [0.717, 1.165) is 0 Å². The van der Waals surface area contributed by atoms with Gasteiger partial charge in [0.2, 0.25) is 0 Å². The van der Waals surface area contributed by atoms with Crippen LogP contribution in [0.15, 0.2) is 24.4 Å². The summed E-state index contributed by atoms with van der Waals surface area (Å²) in [5.41, 5.74) is 5.91. The molecular weight excluding hydrogens is 213 g/mol. The molecule has 1 amide bonds. The third-order valence-electron chi connectivity index (χ3n) is 1.89. The van der Waals surface area contributed by atoms with Crippen molar-refractivity contribution in [3.05, 3.63) is 35.9 Å². The Hall–Kier alpha value is -2.44. The van der Waals surface area contributed by atoms with Gasteiger partial charge in [-0.1, -0.05) is 0 Å². The molecule has 6 nitrogen and oxygen atoms in total. The molecule has 0 aliphatic carbocycles. The number of nitrogens with two attached hydrogens (primary N) is 1. The molecule has 2 rings (SSSR count). The van der Waals surface area contributed by atoms with Crippen LogP contribution in [-0.4, -0.2) is 21.3 Å². The zero-order valence-electron chi connectivity index (χ0n) is 8.07. The van der Waals surface area contributed by atoms with Crippen LogP contribution in [-0.2, 0) is 0 Å². The summed E-state index contributed by atoms with van der Waals surface area (Å²) in [7, 11) is 0. The van der Waals surface area contributed by atoms with Crippen molar-refractivity contribution in [1.29, 1.82) is 0 Å². The molecule has 0 unspecified atom stereocenters. The minimum atomic E-state index is -0.564. The molecule has 0 radical (unpaired) electrons. The molecule has 0 bridgehead atoms. The van der Waals surface area contributed by atoms with E-state index in [1.54, 1.807) is 0 Å². The van der Waals surface area contributed by atoms with Crippen molar-refractivity contribution in [3.8, 4) is 0 Å². The number of carbonyl (C=O) groups is 1. The third kappa shape index (κ3) is 1.97. The number of anilines is 2. The van der Waals surface area contributed by atoms with E-state index in [9.17, 15) is 9.18 Å². The van der Waals surface area contributed by atoms with E-state index in [0.29, 0.717) is 5.69 Å². The van der Waals surface area contributed by atoms with E-state index in [2.05, 4.69) is 20.7 Å². The number of rotatable bonds is 2. The van der Waals surface area contributed by atoms with E-state index < -0.39 is 11.7 Å². The fourth-order valence-corrected chi connectivity index (χ4v) is 1.14. The van der Waals surface area contributed by atoms with Gasteiger partial charge in [0, 0.05) is 5.69 Å². The predicted molar refractivity (Wildman–Crippen MR) is 55.1 cm³/mol. The second-order valence-corrected chi connectivity index (χ2v) is 3.05. The van der Waals surface area contributed by atoms with Gasteiger partial charge in [0.15, 0.2) is 5.69 Å². The lowest BCUT2D eigenvalue weighted by molar-refractivity contribution is 0.102. The van der Waals surface area contributed by atoms with E-state index >= 15 is 0 Å². The van der Waals surface area contributed by atoms with E-state index in [1.807, 2.05) is 0 Å². The quantitative estimate of drug-likeness (QED) is 0.653. The van der Waals surface area contributed by atoms with Gasteiger partial charge in [0.25, 0.3) is 5.91 Å². The number of hydrogen-bond donors (Lipinski definition) is 3. The monoisotopic (exact) mass is 221 g/mol. The molecule has 0 aliphatic rings. The summed E-state index contributed by atoms with van der Waals surface area (Å²) in [6, 6.07) is 3.90. The second-order valence-electron chi connectivity index (χ2n) is 3.05. The zero-order valence-corrected chi connectivity index (χ0v) is 8.07. The first-order valence-corrected chi connectivity index (χ1v) is 4.39. The van der Waals surface area contributed by atoms with Crippen LogP contribution in [0.25, 0.3) is 0 Å². The van der Waals surface area contributed by atoms with E-state index in [1.165, 1.54) is 24.4 Å². The SMILES string of the molecule is Nc1ccc(F)c(NC(=O)c2cn[nH]n2)c1. The summed E-state index contributed by atoms with van der Waals surface area (Å²) in [6.45, 7) is 0. The van der Waals surface area contributed by atoms with Gasteiger partial charge in [0.05, 0.1) is 11.9 Å². The summed E-state index contributed by atoms with van der Waals surface area (Å²) in [4.78, 5) is 11.5. The third-order valence-corrected chi connectivity index (χ3v) is 1.89. The number of nitrogens with zero attached hydrogens (tertiary/aromatic N) is 2. The van der Waals surface area contributed by atoms with Crippen molar-refractivity contribution >= 4 is 17.3 Å². The van der Waals surface area contributed by atoms with Crippen molar-refractivity contribution in [2.24, 2.45) is 0 Å². The van der Waals surface area contributed by atoms with Gasteiger partial charge in [0.1, 0.15) is 5.82 Å². The summed E-state index contributed by atoms with van der Waals surface area (Å²) in [5, 5.41) is 11.7. The summed E-state index contributed by atoms with van der Waals surface area (Å²) in [6.07, 6.45) is 1.24. The maximum atomic E-state index is 13.3. The topological polar surface area (TPSA) is 96.7 Å². The van der Waals surface area contributed by atoms with Crippen LogP contribution < -0.4 is 11.1 Å². The van der Waals surface area contributed by atoms with Gasteiger partial charge < -0.3 is 11.1 Å². The van der Waals surface area contributed by atoms with Crippen molar-refractivity contribution in [3.63, 3.8) is 0 Å². The van der Waals surface area contributed by atoms with Crippen molar-refractivity contribution in [2.75, 3.05) is 11.1 Å². The average Bonchev–Trinajstić information content (AvgIpc) is 2.76. The van der Waals surface area contributed by atoms with Crippen molar-refractivity contribution < 1.29 is 9.18 Å². The number of nitrogens with one attached hydrogen (secondary N) is 2. The zero-order chi connectivity index (χ0) is 11.5. The second kappa shape index (κ2) is 3.97. The molecule has 16 heavy (non-hydrogen) atoms. The molecule has 82 valence electrons. The molecular formula is C9H8FN5O. The lowest BCUT2D eigenvalue weighted by Gasteiger charge is -2.04. The Labute approximate surface area is 89.7 Å². The molecule has 1 aromatic heterocycles. The minimum absolute atomic E-state index is 0.00741. The van der Waals surface area contributed by atoms with Crippen LogP contribution in [0, 0.1) is 5.82 Å². The molecule has 4 N–H and O–H groups in total. The maximum Gasteiger partial charge on any atom is 0.277 e. The number of aromatic amines is 1. The molecule has 0 aliphatic heterocycles. The molecule has 0 atom stereocenters. The fraction of sp³-hybridized carbons (Fsp3) is 0. The van der Waals surface area contributed by atoms with Gasteiger partial charge in [-0.2, -0.15) is 15.4 Å². The molecule has 0 fully saturated rings. The number of benzene rings is 1. The maximum absolute atomic E-state index is 13.3. The first kappa shape index (κ1) is 10.1. The smallest absolute Gasteiger partial charge is 0.277 e. The highest BCUT2D eigenvalue weighted by Gasteiger charge is 2.11. The lowest BCUT2D eigenvalue weighted by atomic mass is 10.2.